The van der Waals surface area contributed by atoms with Crippen LogP contribution in [-0.4, -0.2) is 30.1 Å². The van der Waals surface area contributed by atoms with E-state index in [0.717, 1.165) is 58.6 Å². The zero-order valence-electron chi connectivity index (χ0n) is 20.9. The van der Waals surface area contributed by atoms with Gasteiger partial charge in [-0.15, -0.1) is 0 Å². The summed E-state index contributed by atoms with van der Waals surface area (Å²) in [6, 6.07) is 20.5. The van der Waals surface area contributed by atoms with E-state index >= 15 is 0 Å². The van der Waals surface area contributed by atoms with Crippen LogP contribution in [0, 0.1) is 5.92 Å². The summed E-state index contributed by atoms with van der Waals surface area (Å²) >= 11 is 7.28. The first-order chi connectivity index (χ1) is 16.5. The van der Waals surface area contributed by atoms with Crippen LogP contribution >= 0.6 is 11.6 Å². The van der Waals surface area contributed by atoms with Crippen molar-refractivity contribution in [1.82, 2.24) is 4.90 Å². The summed E-state index contributed by atoms with van der Waals surface area (Å²) in [5, 5.41) is 0.664. The minimum Gasteiger partial charge on any atom is -0.322 e. The van der Waals surface area contributed by atoms with Gasteiger partial charge >= 0.3 is 0 Å². The van der Waals surface area contributed by atoms with Crippen molar-refractivity contribution < 1.29 is 4.79 Å². The molecule has 0 spiro atoms. The molecule has 0 amide bonds. The molecule has 0 N–H and O–H groups in total. The van der Waals surface area contributed by atoms with Crippen LogP contribution in [0.5, 0.6) is 0 Å². The zero-order chi connectivity index (χ0) is 24.7. The molecule has 178 valence electrons. The minimum atomic E-state index is -0.000226. The number of carbonyl (C=O) groups is 1. The molecule has 0 bridgehead atoms. The highest BCUT2D eigenvalue weighted by Gasteiger charge is 2.36. The van der Waals surface area contributed by atoms with Gasteiger partial charge in [-0.3, -0.25) is 9.79 Å². The average molecular weight is 475 g/mol. The number of rotatable bonds is 9. The van der Waals surface area contributed by atoms with Gasteiger partial charge in [0, 0.05) is 29.8 Å². The monoisotopic (exact) mass is 474 g/mol. The van der Waals surface area contributed by atoms with Crippen LogP contribution in [0.25, 0.3) is 11.1 Å². The van der Waals surface area contributed by atoms with E-state index in [-0.39, 0.29) is 11.7 Å². The summed E-state index contributed by atoms with van der Waals surface area (Å²) in [4.78, 5) is 19.8. The van der Waals surface area contributed by atoms with E-state index < -0.39 is 0 Å². The number of benzene rings is 2. The van der Waals surface area contributed by atoms with Crippen LogP contribution in [0.4, 0.5) is 0 Å². The molecular weight excluding hydrogens is 440 g/mol. The highest BCUT2D eigenvalue weighted by molar-refractivity contribution is 6.42. The molecule has 2 aromatic rings. The fraction of sp³-hybridized carbons (Fsp3) is 0.333. The number of amidine groups is 1. The molecule has 3 rings (SSSR count). The van der Waals surface area contributed by atoms with E-state index in [1.165, 1.54) is 0 Å². The Morgan fingerprint density at radius 3 is 2.18 bits per heavy atom. The van der Waals surface area contributed by atoms with Gasteiger partial charge in [0.2, 0.25) is 0 Å². The maximum Gasteiger partial charge on any atom is 0.155 e. The summed E-state index contributed by atoms with van der Waals surface area (Å²) in [5.41, 5.74) is 6.17. The number of halogens is 1. The predicted molar refractivity (Wildman–Crippen MR) is 146 cm³/mol. The van der Waals surface area contributed by atoms with Crippen LogP contribution in [0.15, 0.2) is 88.0 Å². The minimum absolute atomic E-state index is 0.000226. The second-order valence-electron chi connectivity index (χ2n) is 8.53. The Kier molecular flexibility index (Phi) is 9.06. The number of hydrogen-bond donors (Lipinski definition) is 0. The molecule has 1 aliphatic rings. The van der Waals surface area contributed by atoms with Gasteiger partial charge in [-0.05, 0) is 36.0 Å². The fourth-order valence-electron chi connectivity index (χ4n) is 4.38. The van der Waals surface area contributed by atoms with Crippen molar-refractivity contribution in [3.63, 3.8) is 0 Å². The van der Waals surface area contributed by atoms with Crippen molar-refractivity contribution in [3.8, 4) is 0 Å². The van der Waals surface area contributed by atoms with Crippen molar-refractivity contribution in [2.45, 2.75) is 47.0 Å². The Balaban J connectivity index is 2.29. The molecule has 3 nitrogen and oxygen atoms in total. The Bertz CT molecular complexity index is 1130. The van der Waals surface area contributed by atoms with Crippen molar-refractivity contribution in [2.24, 2.45) is 10.9 Å². The van der Waals surface area contributed by atoms with Crippen molar-refractivity contribution in [2.75, 3.05) is 13.6 Å². The number of nitrogens with zero attached hydrogens (tertiary/aromatic N) is 2. The molecule has 34 heavy (non-hydrogen) atoms. The fourth-order valence-corrected chi connectivity index (χ4v) is 4.74. The number of carbonyl (C=O) groups excluding carboxylic acids is 1. The first-order valence-electron chi connectivity index (χ1n) is 12.2. The van der Waals surface area contributed by atoms with E-state index in [0.29, 0.717) is 11.6 Å². The predicted octanol–water partition coefficient (Wildman–Crippen LogP) is 7.75. The Hall–Kier alpha value is -2.91. The lowest BCUT2D eigenvalue weighted by molar-refractivity contribution is -0.122. The number of hydrogen-bond acceptors (Lipinski definition) is 2. The number of ketones is 1. The first-order valence-corrected chi connectivity index (χ1v) is 12.6. The van der Waals surface area contributed by atoms with Crippen molar-refractivity contribution in [3.05, 3.63) is 94.2 Å². The Morgan fingerprint density at radius 2 is 1.65 bits per heavy atom. The van der Waals surface area contributed by atoms with Gasteiger partial charge < -0.3 is 4.90 Å². The molecular formula is C30H35ClN2O. The summed E-state index contributed by atoms with van der Waals surface area (Å²) in [7, 11) is 1.78. The highest BCUT2D eigenvalue weighted by atomic mass is 35.5. The van der Waals surface area contributed by atoms with Gasteiger partial charge in [0.25, 0.3) is 0 Å². The lowest BCUT2D eigenvalue weighted by atomic mass is 9.93. The molecule has 1 unspecified atom stereocenters. The van der Waals surface area contributed by atoms with E-state index in [4.69, 9.17) is 16.6 Å². The number of aliphatic imine (C=N–C) groups is 1. The van der Waals surface area contributed by atoms with E-state index in [1.807, 2.05) is 43.3 Å². The standard InChI is InChI=1S/C30H35ClN2O/c1-6-15-24(22-16-11-9-12-17-22)29(31)28-27(23-18-13-10-14-19-23)25(8-3)33(30(28)32-5)20-26(34)21(4)7-2/h9-19,21H,6-8,20H2,1-5H3/b24-15+,29-28+,32-30?. The van der Waals surface area contributed by atoms with Gasteiger partial charge in [0.05, 0.1) is 11.6 Å². The van der Waals surface area contributed by atoms with Gasteiger partial charge in [-0.25, -0.2) is 0 Å². The highest BCUT2D eigenvalue weighted by Crippen LogP contribution is 2.44. The van der Waals surface area contributed by atoms with Crippen LogP contribution in [0.2, 0.25) is 0 Å². The largest absolute Gasteiger partial charge is 0.322 e. The normalized spacial score (nSPS) is 18.0. The molecule has 0 saturated heterocycles. The van der Waals surface area contributed by atoms with Crippen LogP contribution < -0.4 is 0 Å². The third-order valence-electron chi connectivity index (χ3n) is 6.38. The molecule has 0 fully saturated rings. The smallest absolute Gasteiger partial charge is 0.155 e. The quantitative estimate of drug-likeness (QED) is 0.372. The van der Waals surface area contributed by atoms with E-state index in [1.54, 1.807) is 7.05 Å². The molecule has 2 aromatic carbocycles. The molecule has 4 heteroatoms. The van der Waals surface area contributed by atoms with Crippen molar-refractivity contribution >= 4 is 34.4 Å². The molecule has 0 radical (unpaired) electrons. The van der Waals surface area contributed by atoms with Gasteiger partial charge in [-0.1, -0.05) is 106 Å². The Morgan fingerprint density at radius 1 is 1.03 bits per heavy atom. The molecule has 0 aromatic heterocycles. The molecule has 0 saturated carbocycles. The molecule has 1 aliphatic heterocycles. The van der Waals surface area contributed by atoms with Gasteiger partial charge in [-0.2, -0.15) is 0 Å². The molecule has 0 aliphatic carbocycles. The lowest BCUT2D eigenvalue weighted by Gasteiger charge is -2.23. The number of allylic oxidation sites excluding steroid dienone is 4. The second-order valence-corrected chi connectivity index (χ2v) is 8.91. The van der Waals surface area contributed by atoms with E-state index in [9.17, 15) is 4.79 Å². The second kappa shape index (κ2) is 12.0. The van der Waals surface area contributed by atoms with E-state index in [2.05, 4.69) is 56.0 Å². The average Bonchev–Trinajstić information content (AvgIpc) is 3.20. The topological polar surface area (TPSA) is 32.7 Å². The van der Waals surface area contributed by atoms with Crippen LogP contribution in [-0.2, 0) is 4.79 Å². The van der Waals surface area contributed by atoms with Gasteiger partial charge in [0.15, 0.2) is 5.78 Å². The van der Waals surface area contributed by atoms with Crippen molar-refractivity contribution in [1.29, 1.82) is 0 Å². The molecule has 1 atom stereocenters. The Labute approximate surface area is 209 Å². The summed E-state index contributed by atoms with van der Waals surface area (Å²) in [6.07, 6.45) is 4.61. The first kappa shape index (κ1) is 25.7. The van der Waals surface area contributed by atoms with Crippen LogP contribution in [0.3, 0.4) is 0 Å². The lowest BCUT2D eigenvalue weighted by Crippen LogP contribution is -2.34. The molecule has 1 heterocycles. The maximum atomic E-state index is 13.1. The van der Waals surface area contributed by atoms with Crippen LogP contribution in [0.1, 0.15) is 58.1 Å². The third-order valence-corrected chi connectivity index (χ3v) is 6.77. The third kappa shape index (κ3) is 5.26. The number of Topliss-reactive ketones (excluding diaryl/α,β-unsaturated/α-hetero) is 1. The SMILES string of the molecule is CC/C=C(/C(Cl)=C1\C(=NC)N(CC(=O)C(C)CC)C(CC)=C1c1ccccc1)c1ccccc1. The van der Waals surface area contributed by atoms with Gasteiger partial charge in [0.1, 0.15) is 5.84 Å². The summed E-state index contributed by atoms with van der Waals surface area (Å²) in [6.45, 7) is 8.59. The summed E-state index contributed by atoms with van der Waals surface area (Å²) in [5.74, 6) is 0.974. The maximum absolute atomic E-state index is 13.1. The summed E-state index contributed by atoms with van der Waals surface area (Å²) < 4.78 is 0. The zero-order valence-corrected chi connectivity index (χ0v) is 21.7.